The van der Waals surface area contributed by atoms with Crippen LogP contribution in [-0.2, 0) is 4.74 Å². The molecular weight excluding hydrogens is 403 g/mol. The lowest BCUT2D eigenvalue weighted by atomic mass is 9.73. The van der Waals surface area contributed by atoms with Crippen molar-refractivity contribution in [3.63, 3.8) is 0 Å². The Bertz CT molecular complexity index is 1070. The molecule has 30 heavy (non-hydrogen) atoms. The van der Waals surface area contributed by atoms with E-state index in [2.05, 4.69) is 26.8 Å². The van der Waals surface area contributed by atoms with E-state index >= 15 is 0 Å². The van der Waals surface area contributed by atoms with Crippen molar-refractivity contribution in [1.29, 1.82) is 0 Å². The molecule has 2 N–H and O–H groups in total. The summed E-state index contributed by atoms with van der Waals surface area (Å²) >= 11 is 1.24. The molecule has 9 heteroatoms. The van der Waals surface area contributed by atoms with Crippen LogP contribution in [0.4, 0.5) is 10.2 Å². The molecule has 2 fully saturated rings. The van der Waals surface area contributed by atoms with Gasteiger partial charge in [-0.05, 0) is 38.0 Å². The number of anilines is 1. The van der Waals surface area contributed by atoms with Crippen LogP contribution in [0.2, 0.25) is 0 Å². The molecular formula is C21H23FN6OS. The van der Waals surface area contributed by atoms with Crippen molar-refractivity contribution in [3.8, 4) is 0 Å². The van der Waals surface area contributed by atoms with Gasteiger partial charge in [-0.25, -0.2) is 19.3 Å². The van der Waals surface area contributed by atoms with Gasteiger partial charge in [-0.3, -0.25) is 4.98 Å². The van der Waals surface area contributed by atoms with Crippen LogP contribution in [0.1, 0.15) is 19.8 Å². The molecule has 2 saturated heterocycles. The number of ether oxygens (including phenoxy) is 1. The smallest absolute Gasteiger partial charge is 0.179 e. The predicted octanol–water partition coefficient (Wildman–Crippen LogP) is 3.04. The molecule has 0 bridgehead atoms. The maximum atomic E-state index is 13.8. The van der Waals surface area contributed by atoms with Gasteiger partial charge < -0.3 is 15.4 Å². The van der Waals surface area contributed by atoms with Gasteiger partial charge in [-0.2, -0.15) is 0 Å². The Morgan fingerprint density at radius 2 is 2.03 bits per heavy atom. The molecule has 0 unspecified atom stereocenters. The number of hydrogen-bond donors (Lipinski definition) is 1. The quantitative estimate of drug-likeness (QED) is 0.684. The number of rotatable bonds is 3. The zero-order valence-electron chi connectivity index (χ0n) is 16.7. The minimum Gasteiger partial charge on any atom is -0.376 e. The normalized spacial score (nSPS) is 23.4. The van der Waals surface area contributed by atoms with E-state index in [-0.39, 0.29) is 23.4 Å². The van der Waals surface area contributed by atoms with Crippen molar-refractivity contribution < 1.29 is 9.13 Å². The number of pyridine rings is 2. The molecule has 0 saturated carbocycles. The van der Waals surface area contributed by atoms with Crippen LogP contribution in [0.5, 0.6) is 0 Å². The number of piperidine rings is 1. The molecule has 156 valence electrons. The summed E-state index contributed by atoms with van der Waals surface area (Å²) in [5.41, 5.74) is 7.77. The van der Waals surface area contributed by atoms with Crippen molar-refractivity contribution in [3.05, 3.63) is 42.6 Å². The Morgan fingerprint density at radius 3 is 2.77 bits per heavy atom. The van der Waals surface area contributed by atoms with Gasteiger partial charge in [0.05, 0.1) is 30.0 Å². The van der Waals surface area contributed by atoms with E-state index in [0.29, 0.717) is 15.6 Å². The lowest BCUT2D eigenvalue weighted by Crippen LogP contribution is -2.50. The number of fused-ring (bicyclic) bond motifs is 1. The summed E-state index contributed by atoms with van der Waals surface area (Å²) in [6.07, 6.45) is 6.63. The first kappa shape index (κ1) is 19.6. The molecule has 2 atom stereocenters. The lowest BCUT2D eigenvalue weighted by molar-refractivity contribution is 0.0974. The second-order valence-electron chi connectivity index (χ2n) is 8.02. The summed E-state index contributed by atoms with van der Waals surface area (Å²) in [5.74, 6) is 0.482. The molecule has 3 aromatic rings. The molecule has 5 rings (SSSR count). The largest absolute Gasteiger partial charge is 0.376 e. The molecule has 0 aromatic carbocycles. The molecule has 2 aliphatic rings. The molecule has 0 radical (unpaired) electrons. The Morgan fingerprint density at radius 1 is 1.20 bits per heavy atom. The van der Waals surface area contributed by atoms with E-state index in [9.17, 15) is 4.39 Å². The van der Waals surface area contributed by atoms with Crippen LogP contribution in [-0.4, -0.2) is 51.8 Å². The summed E-state index contributed by atoms with van der Waals surface area (Å²) in [7, 11) is 0. The highest BCUT2D eigenvalue weighted by Crippen LogP contribution is 2.41. The van der Waals surface area contributed by atoms with Gasteiger partial charge >= 0.3 is 0 Å². The molecule has 0 amide bonds. The molecule has 7 nitrogen and oxygen atoms in total. The van der Waals surface area contributed by atoms with Crippen molar-refractivity contribution in [1.82, 2.24) is 19.9 Å². The zero-order valence-corrected chi connectivity index (χ0v) is 17.5. The van der Waals surface area contributed by atoms with E-state index in [1.54, 1.807) is 18.5 Å². The molecule has 5 heterocycles. The summed E-state index contributed by atoms with van der Waals surface area (Å²) in [4.78, 5) is 20.3. The van der Waals surface area contributed by atoms with Crippen molar-refractivity contribution >= 4 is 28.7 Å². The maximum absolute atomic E-state index is 13.8. The SMILES string of the molecule is C[C@@H]1OCC2(CCN(c3cnc4nc(Sc5ccncc5F)ccc4n3)CC2)[C@@H]1N. The third kappa shape index (κ3) is 3.51. The Balaban J connectivity index is 1.32. The number of halogens is 1. The second-order valence-corrected chi connectivity index (χ2v) is 9.08. The standard InChI is InChI=1S/C21H23FN6OS/c1-13-19(23)21(12-29-13)5-8-28(9-6-21)17-11-25-20-15(26-17)2-3-18(27-20)30-16-4-7-24-10-14(16)22/h2-4,7,10-11,13,19H,5-6,8-9,12,23H2,1H3/t13-,19+/m0/s1. The van der Waals surface area contributed by atoms with Crippen molar-refractivity contribution in [2.75, 3.05) is 24.6 Å². The van der Waals surface area contributed by atoms with E-state index < -0.39 is 0 Å². The van der Waals surface area contributed by atoms with Gasteiger partial charge in [0, 0.05) is 30.7 Å². The zero-order chi connectivity index (χ0) is 20.7. The summed E-state index contributed by atoms with van der Waals surface area (Å²) in [6.45, 7) is 4.57. The van der Waals surface area contributed by atoms with Crippen LogP contribution in [0.25, 0.3) is 11.2 Å². The van der Waals surface area contributed by atoms with Crippen LogP contribution in [0.15, 0.2) is 46.7 Å². The van der Waals surface area contributed by atoms with Crippen LogP contribution < -0.4 is 10.6 Å². The first-order chi connectivity index (χ1) is 14.5. The monoisotopic (exact) mass is 426 g/mol. The van der Waals surface area contributed by atoms with Gasteiger partial charge in [0.1, 0.15) is 16.4 Å². The summed E-state index contributed by atoms with van der Waals surface area (Å²) in [5, 5.41) is 0.666. The molecule has 2 aliphatic heterocycles. The highest BCUT2D eigenvalue weighted by Gasteiger charge is 2.47. The van der Waals surface area contributed by atoms with Gasteiger partial charge in [0.15, 0.2) is 11.5 Å². The third-order valence-corrected chi connectivity index (χ3v) is 7.23. The summed E-state index contributed by atoms with van der Waals surface area (Å²) < 4.78 is 19.7. The Hall–Kier alpha value is -2.36. The first-order valence-electron chi connectivity index (χ1n) is 10.1. The average Bonchev–Trinajstić information content (AvgIpc) is 3.04. The van der Waals surface area contributed by atoms with Crippen LogP contribution >= 0.6 is 11.8 Å². The number of nitrogens with zero attached hydrogens (tertiary/aromatic N) is 5. The predicted molar refractivity (Wildman–Crippen MR) is 113 cm³/mol. The van der Waals surface area contributed by atoms with Crippen LogP contribution in [0.3, 0.4) is 0 Å². The van der Waals surface area contributed by atoms with E-state index in [4.69, 9.17) is 15.5 Å². The highest BCUT2D eigenvalue weighted by atomic mass is 32.2. The highest BCUT2D eigenvalue weighted by molar-refractivity contribution is 7.99. The lowest BCUT2D eigenvalue weighted by Gasteiger charge is -2.41. The topological polar surface area (TPSA) is 90.0 Å². The fourth-order valence-electron chi connectivity index (χ4n) is 4.30. The van der Waals surface area contributed by atoms with E-state index in [0.717, 1.165) is 43.9 Å². The van der Waals surface area contributed by atoms with Crippen LogP contribution in [0, 0.1) is 11.2 Å². The van der Waals surface area contributed by atoms with E-state index in [1.165, 1.54) is 18.0 Å². The molecule has 1 spiro atoms. The van der Waals surface area contributed by atoms with Crippen molar-refractivity contribution in [2.45, 2.75) is 41.8 Å². The Kier molecular flexibility index (Phi) is 5.04. The molecule has 3 aromatic heterocycles. The van der Waals surface area contributed by atoms with Gasteiger partial charge in [0.25, 0.3) is 0 Å². The molecule has 0 aliphatic carbocycles. The fraction of sp³-hybridized carbons (Fsp3) is 0.429. The third-order valence-electron chi connectivity index (χ3n) is 6.25. The first-order valence-corrected chi connectivity index (χ1v) is 10.9. The van der Waals surface area contributed by atoms with Gasteiger partial charge in [-0.1, -0.05) is 11.8 Å². The van der Waals surface area contributed by atoms with Gasteiger partial charge in [0.2, 0.25) is 0 Å². The summed E-state index contributed by atoms with van der Waals surface area (Å²) in [6, 6.07) is 5.44. The van der Waals surface area contributed by atoms with Crippen molar-refractivity contribution in [2.24, 2.45) is 11.1 Å². The number of aromatic nitrogens is 4. The fourth-order valence-corrected chi connectivity index (χ4v) is 5.07. The number of hydrogen-bond acceptors (Lipinski definition) is 8. The minimum atomic E-state index is -0.365. The second kappa shape index (κ2) is 7.72. The Labute approximate surface area is 178 Å². The maximum Gasteiger partial charge on any atom is 0.179 e. The van der Waals surface area contributed by atoms with Gasteiger partial charge in [-0.15, -0.1) is 0 Å². The van der Waals surface area contributed by atoms with E-state index in [1.807, 2.05) is 12.1 Å². The average molecular weight is 427 g/mol. The minimum absolute atomic E-state index is 0.0795. The number of nitrogens with two attached hydrogens (primary N) is 1.